The summed E-state index contributed by atoms with van der Waals surface area (Å²) in [6, 6.07) is 21.0. The van der Waals surface area contributed by atoms with E-state index >= 15 is 0 Å². The molecule has 1 saturated heterocycles. The van der Waals surface area contributed by atoms with Crippen molar-refractivity contribution >= 4 is 23.5 Å². The molecule has 3 aromatic rings. The fourth-order valence-corrected chi connectivity index (χ4v) is 4.40. The Morgan fingerprint density at radius 2 is 1.59 bits per heavy atom. The molecule has 1 heterocycles. The molecule has 1 fully saturated rings. The summed E-state index contributed by atoms with van der Waals surface area (Å²) in [5.41, 5.74) is 5.26. The highest BCUT2D eigenvalue weighted by molar-refractivity contribution is 6.30. The van der Waals surface area contributed by atoms with E-state index in [0.29, 0.717) is 29.1 Å². The first-order chi connectivity index (χ1) is 16.5. The molecule has 176 valence electrons. The highest BCUT2D eigenvalue weighted by Crippen LogP contribution is 2.22. The first kappa shape index (κ1) is 24.0. The Labute approximate surface area is 205 Å². The van der Waals surface area contributed by atoms with Crippen molar-refractivity contribution in [3.63, 3.8) is 0 Å². The van der Waals surface area contributed by atoms with Crippen molar-refractivity contribution in [3.05, 3.63) is 94.0 Å². The fraction of sp³-hybridized carbons (Fsp3) is 0.286. The molecule has 6 heteroatoms. The maximum Gasteiger partial charge on any atom is 0.338 e. The van der Waals surface area contributed by atoms with Crippen LogP contribution in [0, 0.1) is 0 Å². The van der Waals surface area contributed by atoms with Gasteiger partial charge in [0.15, 0.2) is 0 Å². The third kappa shape index (κ3) is 6.04. The summed E-state index contributed by atoms with van der Waals surface area (Å²) in [5.74, 6) is -0.442. The second-order valence-electron chi connectivity index (χ2n) is 8.56. The van der Waals surface area contributed by atoms with Crippen LogP contribution in [0.1, 0.15) is 44.7 Å². The van der Waals surface area contributed by atoms with Gasteiger partial charge in [0.2, 0.25) is 0 Å². The Balaban J connectivity index is 1.35. The zero-order valence-electron chi connectivity index (χ0n) is 19.4. The topological polar surface area (TPSA) is 58.6 Å². The number of nitrogens with zero attached hydrogens (tertiary/aromatic N) is 1. The Morgan fingerprint density at radius 1 is 0.941 bits per heavy atom. The SMILES string of the molecule is COC(=O)c1cc(CCNC(=O)c2ccc(-c3ccc(Cl)cc3)cc2)ccc1CN1CCCC1. The lowest BCUT2D eigenvalue weighted by molar-refractivity contribution is 0.0598. The molecule has 34 heavy (non-hydrogen) atoms. The molecule has 0 radical (unpaired) electrons. The van der Waals surface area contributed by atoms with Gasteiger partial charge in [0.25, 0.3) is 5.91 Å². The summed E-state index contributed by atoms with van der Waals surface area (Å²) >= 11 is 5.95. The molecule has 0 atom stereocenters. The van der Waals surface area contributed by atoms with Gasteiger partial charge in [0, 0.05) is 23.7 Å². The molecule has 1 aliphatic rings. The molecule has 0 unspecified atom stereocenters. The molecular formula is C28H29ClN2O3. The fourth-order valence-electron chi connectivity index (χ4n) is 4.28. The maximum atomic E-state index is 12.6. The monoisotopic (exact) mass is 476 g/mol. The summed E-state index contributed by atoms with van der Waals surface area (Å²) in [6.45, 7) is 3.36. The van der Waals surface area contributed by atoms with Gasteiger partial charge in [-0.3, -0.25) is 9.69 Å². The number of carbonyl (C=O) groups is 2. The molecule has 0 bridgehead atoms. The first-order valence-electron chi connectivity index (χ1n) is 11.6. The van der Waals surface area contributed by atoms with Crippen LogP contribution in [0.25, 0.3) is 11.1 Å². The molecular weight excluding hydrogens is 448 g/mol. The van der Waals surface area contributed by atoms with E-state index in [2.05, 4.69) is 10.2 Å². The van der Waals surface area contributed by atoms with Crippen LogP contribution in [0.2, 0.25) is 5.02 Å². The molecule has 1 aliphatic heterocycles. The van der Waals surface area contributed by atoms with Crippen molar-refractivity contribution in [2.45, 2.75) is 25.8 Å². The molecule has 0 saturated carbocycles. The number of methoxy groups -OCH3 is 1. The van der Waals surface area contributed by atoms with Gasteiger partial charge in [-0.25, -0.2) is 4.79 Å². The average molecular weight is 477 g/mol. The lowest BCUT2D eigenvalue weighted by atomic mass is 10.0. The van der Waals surface area contributed by atoms with Gasteiger partial charge in [0.05, 0.1) is 12.7 Å². The van der Waals surface area contributed by atoms with Crippen LogP contribution in [0.5, 0.6) is 0 Å². The number of likely N-dealkylation sites (tertiary alicyclic amines) is 1. The quantitative estimate of drug-likeness (QED) is 0.444. The number of hydrogen-bond donors (Lipinski definition) is 1. The van der Waals surface area contributed by atoms with Gasteiger partial charge in [-0.15, -0.1) is 0 Å². The zero-order chi connectivity index (χ0) is 23.9. The summed E-state index contributed by atoms with van der Waals surface area (Å²) < 4.78 is 5.01. The van der Waals surface area contributed by atoms with Crippen LogP contribution in [-0.4, -0.2) is 43.5 Å². The maximum absolute atomic E-state index is 12.6. The third-order valence-electron chi connectivity index (χ3n) is 6.20. The molecule has 0 aromatic heterocycles. The number of rotatable bonds is 8. The van der Waals surface area contributed by atoms with Crippen molar-refractivity contribution in [2.75, 3.05) is 26.7 Å². The largest absolute Gasteiger partial charge is 0.465 e. The van der Waals surface area contributed by atoms with E-state index in [9.17, 15) is 9.59 Å². The first-order valence-corrected chi connectivity index (χ1v) is 12.0. The van der Waals surface area contributed by atoms with Crippen LogP contribution in [0.4, 0.5) is 0 Å². The Kier molecular flexibility index (Phi) is 7.99. The number of halogens is 1. The molecule has 0 aliphatic carbocycles. The molecule has 1 N–H and O–H groups in total. The van der Waals surface area contributed by atoms with E-state index in [-0.39, 0.29) is 11.9 Å². The zero-order valence-corrected chi connectivity index (χ0v) is 20.1. The number of hydrogen-bond acceptors (Lipinski definition) is 4. The van der Waals surface area contributed by atoms with Gasteiger partial charge in [-0.1, -0.05) is 48.0 Å². The third-order valence-corrected chi connectivity index (χ3v) is 6.45. The van der Waals surface area contributed by atoms with Crippen LogP contribution in [0.3, 0.4) is 0 Å². The van der Waals surface area contributed by atoms with E-state index < -0.39 is 0 Å². The van der Waals surface area contributed by atoms with Crippen LogP contribution < -0.4 is 5.32 Å². The van der Waals surface area contributed by atoms with Gasteiger partial charge >= 0.3 is 5.97 Å². The smallest absolute Gasteiger partial charge is 0.338 e. The van der Waals surface area contributed by atoms with Crippen molar-refractivity contribution in [3.8, 4) is 11.1 Å². The summed E-state index contributed by atoms with van der Waals surface area (Å²) in [7, 11) is 1.41. The van der Waals surface area contributed by atoms with Crippen molar-refractivity contribution in [1.29, 1.82) is 0 Å². The normalized spacial score (nSPS) is 13.6. The lowest BCUT2D eigenvalue weighted by Gasteiger charge is -2.17. The molecule has 0 spiro atoms. The van der Waals surface area contributed by atoms with E-state index in [1.807, 2.05) is 66.7 Å². The minimum Gasteiger partial charge on any atom is -0.465 e. The number of ether oxygens (including phenoxy) is 1. The van der Waals surface area contributed by atoms with Gasteiger partial charge in [0.1, 0.15) is 0 Å². The van der Waals surface area contributed by atoms with Crippen molar-refractivity contribution < 1.29 is 14.3 Å². The predicted octanol–water partition coefficient (Wildman–Crippen LogP) is 5.36. The van der Waals surface area contributed by atoms with E-state index in [1.165, 1.54) is 20.0 Å². The van der Waals surface area contributed by atoms with Gasteiger partial charge in [-0.2, -0.15) is 0 Å². The van der Waals surface area contributed by atoms with Gasteiger partial charge < -0.3 is 10.1 Å². The number of benzene rings is 3. The summed E-state index contributed by atoms with van der Waals surface area (Å²) in [4.78, 5) is 27.3. The standard InChI is InChI=1S/C28H29ClN2O3/c1-34-28(33)26-18-20(4-5-24(26)19-31-16-2-3-17-31)14-15-30-27(32)23-8-6-21(7-9-23)22-10-12-25(29)13-11-22/h4-13,18H,2-3,14-17,19H2,1H3,(H,30,32). The van der Waals surface area contributed by atoms with Crippen LogP contribution in [0.15, 0.2) is 66.7 Å². The Bertz CT molecular complexity index is 1140. The van der Waals surface area contributed by atoms with Gasteiger partial charge in [-0.05, 0) is 84.9 Å². The molecule has 4 rings (SSSR count). The average Bonchev–Trinajstić information content (AvgIpc) is 3.38. The minimum atomic E-state index is -0.319. The number of esters is 1. The Morgan fingerprint density at radius 3 is 2.24 bits per heavy atom. The van der Waals surface area contributed by atoms with E-state index in [4.69, 9.17) is 16.3 Å². The van der Waals surface area contributed by atoms with Crippen molar-refractivity contribution in [1.82, 2.24) is 10.2 Å². The second-order valence-corrected chi connectivity index (χ2v) is 8.99. The molecule has 5 nitrogen and oxygen atoms in total. The highest BCUT2D eigenvalue weighted by atomic mass is 35.5. The molecule has 3 aromatic carbocycles. The van der Waals surface area contributed by atoms with Crippen LogP contribution >= 0.6 is 11.6 Å². The van der Waals surface area contributed by atoms with Crippen LogP contribution in [-0.2, 0) is 17.7 Å². The second kappa shape index (κ2) is 11.3. The van der Waals surface area contributed by atoms with E-state index in [0.717, 1.165) is 41.9 Å². The highest BCUT2D eigenvalue weighted by Gasteiger charge is 2.18. The summed E-state index contributed by atoms with van der Waals surface area (Å²) in [6.07, 6.45) is 3.03. The lowest BCUT2D eigenvalue weighted by Crippen LogP contribution is -2.25. The number of nitrogens with one attached hydrogen (secondary N) is 1. The van der Waals surface area contributed by atoms with Crippen molar-refractivity contribution in [2.24, 2.45) is 0 Å². The van der Waals surface area contributed by atoms with E-state index in [1.54, 1.807) is 0 Å². The molecule has 1 amide bonds. The predicted molar refractivity (Wildman–Crippen MR) is 135 cm³/mol. The number of amides is 1. The summed E-state index contributed by atoms with van der Waals surface area (Å²) in [5, 5.41) is 3.66. The Hall–Kier alpha value is -3.15. The minimum absolute atomic E-state index is 0.124. The number of carbonyl (C=O) groups excluding carboxylic acids is 2.